The molecular formula is C18H17F3N4O2. The SMILES string of the molecule is CC(=O)Nc1ccc(C(F)(F)F)cc1NC(=O)c1ccc(NC2CC2)nc1. The van der Waals surface area contributed by atoms with Crippen LogP contribution in [0.3, 0.4) is 0 Å². The number of carbonyl (C=O) groups excluding carboxylic acids is 2. The summed E-state index contributed by atoms with van der Waals surface area (Å²) < 4.78 is 38.9. The van der Waals surface area contributed by atoms with Crippen LogP contribution in [0, 0.1) is 0 Å². The lowest BCUT2D eigenvalue weighted by Gasteiger charge is -2.15. The van der Waals surface area contributed by atoms with Gasteiger partial charge in [-0.05, 0) is 43.2 Å². The predicted octanol–water partition coefficient (Wildman–Crippen LogP) is 3.89. The van der Waals surface area contributed by atoms with Gasteiger partial charge in [-0.15, -0.1) is 0 Å². The molecule has 142 valence electrons. The smallest absolute Gasteiger partial charge is 0.367 e. The number of aromatic nitrogens is 1. The molecule has 0 bridgehead atoms. The summed E-state index contributed by atoms with van der Waals surface area (Å²) in [6.45, 7) is 1.22. The third-order valence-corrected chi connectivity index (χ3v) is 3.86. The predicted molar refractivity (Wildman–Crippen MR) is 94.6 cm³/mol. The number of amides is 2. The largest absolute Gasteiger partial charge is 0.416 e. The van der Waals surface area contributed by atoms with Gasteiger partial charge in [0.2, 0.25) is 5.91 Å². The van der Waals surface area contributed by atoms with Crippen LogP contribution in [0.25, 0.3) is 0 Å². The van der Waals surface area contributed by atoms with Crippen molar-refractivity contribution >= 4 is 29.0 Å². The molecule has 1 aliphatic rings. The Morgan fingerprint density at radius 1 is 1.07 bits per heavy atom. The zero-order valence-corrected chi connectivity index (χ0v) is 14.4. The average Bonchev–Trinajstić information content (AvgIpc) is 3.39. The van der Waals surface area contributed by atoms with Crippen molar-refractivity contribution in [3.8, 4) is 0 Å². The highest BCUT2D eigenvalue weighted by Gasteiger charge is 2.31. The van der Waals surface area contributed by atoms with Gasteiger partial charge in [-0.3, -0.25) is 9.59 Å². The molecular weight excluding hydrogens is 361 g/mol. The van der Waals surface area contributed by atoms with Crippen LogP contribution >= 0.6 is 0 Å². The molecule has 3 N–H and O–H groups in total. The Labute approximate surface area is 153 Å². The van der Waals surface area contributed by atoms with E-state index in [9.17, 15) is 22.8 Å². The fourth-order valence-electron chi connectivity index (χ4n) is 2.37. The van der Waals surface area contributed by atoms with Crippen LogP contribution < -0.4 is 16.0 Å². The number of carbonyl (C=O) groups is 2. The van der Waals surface area contributed by atoms with Crippen molar-refractivity contribution in [3.05, 3.63) is 47.7 Å². The summed E-state index contributed by atoms with van der Waals surface area (Å²) in [4.78, 5) is 27.8. The molecule has 2 aromatic rings. The van der Waals surface area contributed by atoms with Crippen molar-refractivity contribution in [1.29, 1.82) is 0 Å². The number of alkyl halides is 3. The molecule has 1 aromatic heterocycles. The Morgan fingerprint density at radius 3 is 2.37 bits per heavy atom. The summed E-state index contributed by atoms with van der Waals surface area (Å²) in [6, 6.07) is 6.27. The zero-order valence-electron chi connectivity index (χ0n) is 14.4. The standard InChI is InChI=1S/C18H17F3N4O2/c1-10(26)23-14-6-3-12(18(19,20)21)8-15(14)25-17(27)11-2-7-16(22-9-11)24-13-4-5-13/h2-3,6-9,13H,4-5H2,1H3,(H,22,24)(H,23,26)(H,25,27). The number of pyridine rings is 1. The third-order valence-electron chi connectivity index (χ3n) is 3.86. The molecule has 1 aromatic carbocycles. The molecule has 1 fully saturated rings. The normalized spacial score (nSPS) is 13.8. The molecule has 0 unspecified atom stereocenters. The monoisotopic (exact) mass is 378 g/mol. The van der Waals surface area contributed by atoms with Gasteiger partial charge in [0.25, 0.3) is 5.91 Å². The Kier molecular flexibility index (Phi) is 5.02. The van der Waals surface area contributed by atoms with E-state index in [1.807, 2.05) is 0 Å². The van der Waals surface area contributed by atoms with Gasteiger partial charge in [-0.2, -0.15) is 13.2 Å². The number of hydrogen-bond donors (Lipinski definition) is 3. The molecule has 1 heterocycles. The second kappa shape index (κ2) is 7.26. The molecule has 1 saturated carbocycles. The van der Waals surface area contributed by atoms with E-state index < -0.39 is 23.6 Å². The maximum atomic E-state index is 13.0. The molecule has 0 spiro atoms. The van der Waals surface area contributed by atoms with Gasteiger partial charge in [0, 0.05) is 19.2 Å². The number of nitrogens with one attached hydrogen (secondary N) is 3. The fraction of sp³-hybridized carbons (Fsp3) is 0.278. The number of hydrogen-bond acceptors (Lipinski definition) is 4. The van der Waals surface area contributed by atoms with Gasteiger partial charge in [-0.25, -0.2) is 4.98 Å². The quantitative estimate of drug-likeness (QED) is 0.737. The molecule has 0 aliphatic heterocycles. The highest BCUT2D eigenvalue weighted by molar-refractivity contribution is 6.07. The van der Waals surface area contributed by atoms with Crippen molar-refractivity contribution in [3.63, 3.8) is 0 Å². The van der Waals surface area contributed by atoms with E-state index in [1.54, 1.807) is 6.07 Å². The van der Waals surface area contributed by atoms with Crippen LogP contribution in [-0.2, 0) is 11.0 Å². The lowest BCUT2D eigenvalue weighted by molar-refractivity contribution is -0.137. The minimum Gasteiger partial charge on any atom is -0.367 e. The van der Waals surface area contributed by atoms with E-state index >= 15 is 0 Å². The van der Waals surface area contributed by atoms with E-state index in [0.29, 0.717) is 11.9 Å². The maximum absolute atomic E-state index is 13.0. The van der Waals surface area contributed by atoms with E-state index in [2.05, 4.69) is 20.9 Å². The van der Waals surface area contributed by atoms with Crippen LogP contribution in [0.2, 0.25) is 0 Å². The summed E-state index contributed by atoms with van der Waals surface area (Å²) >= 11 is 0. The number of anilines is 3. The van der Waals surface area contributed by atoms with E-state index in [1.165, 1.54) is 19.2 Å². The minimum atomic E-state index is -4.58. The van der Waals surface area contributed by atoms with E-state index in [0.717, 1.165) is 31.0 Å². The fourth-order valence-corrected chi connectivity index (χ4v) is 2.37. The topological polar surface area (TPSA) is 83.1 Å². The summed E-state index contributed by atoms with van der Waals surface area (Å²) in [6.07, 6.45) is -1.09. The number of nitrogens with zero attached hydrogens (tertiary/aromatic N) is 1. The Hall–Kier alpha value is -3.10. The Morgan fingerprint density at radius 2 is 1.81 bits per heavy atom. The second-order valence-electron chi connectivity index (χ2n) is 6.24. The van der Waals surface area contributed by atoms with Gasteiger partial charge >= 0.3 is 6.18 Å². The molecule has 0 saturated heterocycles. The lowest BCUT2D eigenvalue weighted by Crippen LogP contribution is -2.17. The molecule has 27 heavy (non-hydrogen) atoms. The first-order chi connectivity index (χ1) is 12.7. The van der Waals surface area contributed by atoms with Crippen LogP contribution in [0.15, 0.2) is 36.5 Å². The molecule has 1 aliphatic carbocycles. The number of benzene rings is 1. The van der Waals surface area contributed by atoms with E-state index in [-0.39, 0.29) is 16.9 Å². The van der Waals surface area contributed by atoms with Crippen molar-refractivity contribution in [2.24, 2.45) is 0 Å². The first kappa shape index (κ1) is 18.7. The second-order valence-corrected chi connectivity index (χ2v) is 6.24. The van der Waals surface area contributed by atoms with Gasteiger partial charge in [0.05, 0.1) is 22.5 Å². The van der Waals surface area contributed by atoms with E-state index in [4.69, 9.17) is 0 Å². The molecule has 2 amide bonds. The van der Waals surface area contributed by atoms with Crippen LogP contribution in [0.4, 0.5) is 30.4 Å². The summed E-state index contributed by atoms with van der Waals surface area (Å²) in [5, 5.41) is 7.97. The van der Waals surface area contributed by atoms with Crippen molar-refractivity contribution in [2.45, 2.75) is 32.0 Å². The van der Waals surface area contributed by atoms with Crippen molar-refractivity contribution in [1.82, 2.24) is 4.98 Å². The first-order valence-corrected chi connectivity index (χ1v) is 8.25. The highest BCUT2D eigenvalue weighted by Crippen LogP contribution is 2.34. The first-order valence-electron chi connectivity index (χ1n) is 8.25. The van der Waals surface area contributed by atoms with Crippen molar-refractivity contribution < 1.29 is 22.8 Å². The summed E-state index contributed by atoms with van der Waals surface area (Å²) in [5.74, 6) is -0.471. The molecule has 9 heteroatoms. The zero-order chi connectivity index (χ0) is 19.6. The van der Waals surface area contributed by atoms with Gasteiger partial charge in [0.1, 0.15) is 5.82 Å². The van der Waals surface area contributed by atoms with Crippen molar-refractivity contribution in [2.75, 3.05) is 16.0 Å². The average molecular weight is 378 g/mol. The van der Waals surface area contributed by atoms with Gasteiger partial charge < -0.3 is 16.0 Å². The molecule has 0 radical (unpaired) electrons. The van der Waals surface area contributed by atoms with Crippen LogP contribution in [0.1, 0.15) is 35.7 Å². The van der Waals surface area contributed by atoms with Gasteiger partial charge in [-0.1, -0.05) is 0 Å². The maximum Gasteiger partial charge on any atom is 0.416 e. The van der Waals surface area contributed by atoms with Crippen LogP contribution in [0.5, 0.6) is 0 Å². The lowest BCUT2D eigenvalue weighted by atomic mass is 10.1. The third kappa shape index (κ3) is 4.96. The molecule has 6 nitrogen and oxygen atoms in total. The Bertz CT molecular complexity index is 862. The summed E-state index contributed by atoms with van der Waals surface area (Å²) in [7, 11) is 0. The molecule has 0 atom stereocenters. The molecule has 3 rings (SSSR count). The van der Waals surface area contributed by atoms with Gasteiger partial charge in [0.15, 0.2) is 0 Å². The Balaban J connectivity index is 1.81. The number of halogens is 3. The minimum absolute atomic E-state index is 0.0730. The van der Waals surface area contributed by atoms with Crippen LogP contribution in [-0.4, -0.2) is 22.8 Å². The number of rotatable bonds is 5. The summed E-state index contributed by atoms with van der Waals surface area (Å²) in [5.41, 5.74) is -0.828. The highest BCUT2D eigenvalue weighted by atomic mass is 19.4.